The van der Waals surface area contributed by atoms with Crippen molar-refractivity contribution in [3.05, 3.63) is 42.2 Å². The van der Waals surface area contributed by atoms with E-state index in [0.717, 1.165) is 11.3 Å². The van der Waals surface area contributed by atoms with Crippen LogP contribution in [0.15, 0.2) is 45.3 Å². The molecule has 2 N–H and O–H groups in total. The Balaban J connectivity index is 1.96. The van der Waals surface area contributed by atoms with Crippen molar-refractivity contribution in [3.8, 4) is 23.0 Å². The SMILES string of the molecule is Cc1ccc(-c2nc(-c3ccc(N)cc3)no2)o1. The molecule has 0 bridgehead atoms. The van der Waals surface area contributed by atoms with E-state index >= 15 is 0 Å². The summed E-state index contributed by atoms with van der Waals surface area (Å²) in [6.45, 7) is 1.86. The molecule has 3 aromatic rings. The second-order valence-corrected chi connectivity index (χ2v) is 3.96. The molecule has 0 aliphatic heterocycles. The normalized spacial score (nSPS) is 10.7. The maximum Gasteiger partial charge on any atom is 0.293 e. The van der Waals surface area contributed by atoms with Crippen LogP contribution >= 0.6 is 0 Å². The molecule has 0 saturated carbocycles. The number of rotatable bonds is 2. The number of aryl methyl sites for hydroxylation is 1. The van der Waals surface area contributed by atoms with Crippen molar-refractivity contribution in [2.24, 2.45) is 0 Å². The van der Waals surface area contributed by atoms with E-state index in [-0.39, 0.29) is 0 Å². The van der Waals surface area contributed by atoms with E-state index in [4.69, 9.17) is 14.7 Å². The fraction of sp³-hybridized carbons (Fsp3) is 0.0769. The van der Waals surface area contributed by atoms with Crippen LogP contribution in [0.3, 0.4) is 0 Å². The Morgan fingerprint density at radius 1 is 1.06 bits per heavy atom. The number of nitrogen functional groups attached to an aromatic ring is 1. The third kappa shape index (κ3) is 1.86. The number of nitrogens with zero attached hydrogens (tertiary/aromatic N) is 2. The van der Waals surface area contributed by atoms with Gasteiger partial charge in [0.15, 0.2) is 5.76 Å². The summed E-state index contributed by atoms with van der Waals surface area (Å²) >= 11 is 0. The van der Waals surface area contributed by atoms with Gasteiger partial charge in [0.05, 0.1) is 0 Å². The molecule has 0 fully saturated rings. The van der Waals surface area contributed by atoms with E-state index in [9.17, 15) is 0 Å². The minimum absolute atomic E-state index is 0.370. The van der Waals surface area contributed by atoms with E-state index in [1.165, 1.54) is 0 Å². The van der Waals surface area contributed by atoms with E-state index < -0.39 is 0 Å². The number of hydrogen-bond donors (Lipinski definition) is 1. The van der Waals surface area contributed by atoms with Gasteiger partial charge in [-0.05, 0) is 43.3 Å². The van der Waals surface area contributed by atoms with Crippen LogP contribution in [0, 0.1) is 6.92 Å². The fourth-order valence-corrected chi connectivity index (χ4v) is 1.62. The van der Waals surface area contributed by atoms with Crippen molar-refractivity contribution in [1.29, 1.82) is 0 Å². The standard InChI is InChI=1S/C13H11N3O2/c1-8-2-7-11(17-8)13-15-12(16-18-13)9-3-5-10(14)6-4-9/h2-7H,14H2,1H3. The first-order chi connectivity index (χ1) is 8.72. The molecule has 2 heterocycles. The number of aromatic nitrogens is 2. The molecular weight excluding hydrogens is 230 g/mol. The maximum atomic E-state index is 5.62. The first-order valence-electron chi connectivity index (χ1n) is 5.49. The number of benzene rings is 1. The van der Waals surface area contributed by atoms with Crippen LogP contribution in [0.25, 0.3) is 23.0 Å². The number of nitrogens with two attached hydrogens (primary N) is 1. The highest BCUT2D eigenvalue weighted by atomic mass is 16.5. The third-order valence-corrected chi connectivity index (χ3v) is 2.55. The molecule has 5 heteroatoms. The predicted octanol–water partition coefficient (Wildman–Crippen LogP) is 2.89. The zero-order valence-corrected chi connectivity index (χ0v) is 9.75. The van der Waals surface area contributed by atoms with Gasteiger partial charge in [-0.15, -0.1) is 0 Å². The molecule has 0 aliphatic rings. The largest absolute Gasteiger partial charge is 0.456 e. The number of furan rings is 1. The van der Waals surface area contributed by atoms with E-state index in [1.54, 1.807) is 18.2 Å². The average molecular weight is 241 g/mol. The van der Waals surface area contributed by atoms with Gasteiger partial charge in [0.1, 0.15) is 5.76 Å². The van der Waals surface area contributed by atoms with Gasteiger partial charge < -0.3 is 14.7 Å². The van der Waals surface area contributed by atoms with Crippen molar-refractivity contribution in [1.82, 2.24) is 10.1 Å². The topological polar surface area (TPSA) is 78.1 Å². The Labute approximate surface area is 103 Å². The molecule has 18 heavy (non-hydrogen) atoms. The van der Waals surface area contributed by atoms with Crippen molar-refractivity contribution in [3.63, 3.8) is 0 Å². The van der Waals surface area contributed by atoms with Crippen LogP contribution in [0.2, 0.25) is 0 Å². The highest BCUT2D eigenvalue weighted by Crippen LogP contribution is 2.24. The second kappa shape index (κ2) is 4.03. The highest BCUT2D eigenvalue weighted by Gasteiger charge is 2.13. The molecule has 0 atom stereocenters. The molecule has 0 aliphatic carbocycles. The van der Waals surface area contributed by atoms with Gasteiger partial charge in [0, 0.05) is 11.3 Å². The molecule has 3 rings (SSSR count). The minimum atomic E-state index is 0.370. The molecule has 0 spiro atoms. The summed E-state index contributed by atoms with van der Waals surface area (Å²) in [6, 6.07) is 10.9. The predicted molar refractivity (Wildman–Crippen MR) is 66.6 cm³/mol. The van der Waals surface area contributed by atoms with Gasteiger partial charge in [-0.3, -0.25) is 0 Å². The van der Waals surface area contributed by atoms with Gasteiger partial charge in [0.2, 0.25) is 5.82 Å². The van der Waals surface area contributed by atoms with Crippen LogP contribution in [0.4, 0.5) is 5.69 Å². The lowest BCUT2D eigenvalue weighted by Crippen LogP contribution is -1.85. The Morgan fingerprint density at radius 3 is 2.50 bits per heavy atom. The van der Waals surface area contributed by atoms with Crippen LogP contribution in [-0.2, 0) is 0 Å². The smallest absolute Gasteiger partial charge is 0.293 e. The van der Waals surface area contributed by atoms with Gasteiger partial charge in [-0.1, -0.05) is 5.16 Å². The fourth-order valence-electron chi connectivity index (χ4n) is 1.62. The maximum absolute atomic E-state index is 5.62. The Bertz CT molecular complexity index is 668. The Kier molecular flexibility index (Phi) is 2.37. The summed E-state index contributed by atoms with van der Waals surface area (Å²) in [6.07, 6.45) is 0. The minimum Gasteiger partial charge on any atom is -0.456 e. The molecule has 0 unspecified atom stereocenters. The van der Waals surface area contributed by atoms with Crippen molar-refractivity contribution < 1.29 is 8.94 Å². The van der Waals surface area contributed by atoms with Gasteiger partial charge in [-0.25, -0.2) is 0 Å². The van der Waals surface area contributed by atoms with Gasteiger partial charge in [-0.2, -0.15) is 4.98 Å². The van der Waals surface area contributed by atoms with Gasteiger partial charge >= 0.3 is 0 Å². The number of anilines is 1. The zero-order chi connectivity index (χ0) is 12.5. The summed E-state index contributed by atoms with van der Waals surface area (Å²) in [7, 11) is 0. The second-order valence-electron chi connectivity index (χ2n) is 3.96. The summed E-state index contributed by atoms with van der Waals surface area (Å²) in [4.78, 5) is 4.28. The van der Waals surface area contributed by atoms with Crippen LogP contribution < -0.4 is 5.73 Å². The Morgan fingerprint density at radius 2 is 1.83 bits per heavy atom. The summed E-state index contributed by atoms with van der Waals surface area (Å²) < 4.78 is 10.6. The lowest BCUT2D eigenvalue weighted by Gasteiger charge is -1.94. The highest BCUT2D eigenvalue weighted by molar-refractivity contribution is 5.60. The molecule has 0 amide bonds. The lowest BCUT2D eigenvalue weighted by molar-refractivity contribution is 0.414. The van der Waals surface area contributed by atoms with Crippen LogP contribution in [-0.4, -0.2) is 10.1 Å². The lowest BCUT2D eigenvalue weighted by atomic mass is 10.2. The summed E-state index contributed by atoms with van der Waals surface area (Å²) in [5, 5.41) is 3.91. The van der Waals surface area contributed by atoms with E-state index in [1.807, 2.05) is 25.1 Å². The monoisotopic (exact) mass is 241 g/mol. The quantitative estimate of drug-likeness (QED) is 0.698. The first kappa shape index (κ1) is 10.6. The zero-order valence-electron chi connectivity index (χ0n) is 9.75. The Hall–Kier alpha value is -2.56. The molecule has 1 aromatic carbocycles. The van der Waals surface area contributed by atoms with Crippen molar-refractivity contribution in [2.45, 2.75) is 6.92 Å². The molecule has 2 aromatic heterocycles. The molecular formula is C13H11N3O2. The summed E-state index contributed by atoms with van der Waals surface area (Å²) in [5.41, 5.74) is 7.17. The van der Waals surface area contributed by atoms with Crippen LogP contribution in [0.1, 0.15) is 5.76 Å². The van der Waals surface area contributed by atoms with E-state index in [0.29, 0.717) is 23.2 Å². The average Bonchev–Trinajstić information content (AvgIpc) is 2.98. The summed E-state index contributed by atoms with van der Waals surface area (Å²) in [5.74, 6) is 2.26. The van der Waals surface area contributed by atoms with E-state index in [2.05, 4.69) is 10.1 Å². The molecule has 90 valence electrons. The molecule has 5 nitrogen and oxygen atoms in total. The third-order valence-electron chi connectivity index (χ3n) is 2.55. The molecule has 0 radical (unpaired) electrons. The van der Waals surface area contributed by atoms with Crippen molar-refractivity contribution in [2.75, 3.05) is 5.73 Å². The number of hydrogen-bond acceptors (Lipinski definition) is 5. The van der Waals surface area contributed by atoms with Crippen LogP contribution in [0.5, 0.6) is 0 Å². The molecule has 0 saturated heterocycles. The van der Waals surface area contributed by atoms with Crippen molar-refractivity contribution >= 4 is 5.69 Å². The van der Waals surface area contributed by atoms with Gasteiger partial charge in [0.25, 0.3) is 5.89 Å². The first-order valence-corrected chi connectivity index (χ1v) is 5.49.